The Morgan fingerprint density at radius 1 is 1.36 bits per heavy atom. The highest BCUT2D eigenvalue weighted by Crippen LogP contribution is 2.16. The van der Waals surface area contributed by atoms with Gasteiger partial charge in [0.05, 0.1) is 0 Å². The van der Waals surface area contributed by atoms with Crippen LogP contribution in [0, 0.1) is 5.92 Å². The SMILES string of the molecule is CC(C)C[C@H](NC(=O)c1cccc(-c2ncn[nH]2)c1)C(=O)O. The third-order valence-electron chi connectivity index (χ3n) is 3.12. The fourth-order valence-corrected chi connectivity index (χ4v) is 2.09. The topological polar surface area (TPSA) is 108 Å². The predicted molar refractivity (Wildman–Crippen MR) is 80.2 cm³/mol. The van der Waals surface area contributed by atoms with Gasteiger partial charge in [-0.3, -0.25) is 9.89 Å². The maximum absolute atomic E-state index is 12.2. The van der Waals surface area contributed by atoms with E-state index in [1.807, 2.05) is 13.8 Å². The number of benzene rings is 1. The number of nitrogens with zero attached hydrogens (tertiary/aromatic N) is 2. The molecule has 1 aromatic carbocycles. The first kappa shape index (κ1) is 15.7. The molecule has 0 spiro atoms. The number of carbonyl (C=O) groups excluding carboxylic acids is 1. The Bertz CT molecular complexity index is 653. The van der Waals surface area contributed by atoms with Gasteiger partial charge in [0.2, 0.25) is 0 Å². The van der Waals surface area contributed by atoms with Crippen LogP contribution >= 0.6 is 0 Å². The lowest BCUT2D eigenvalue weighted by atomic mass is 10.0. The number of aliphatic carboxylic acids is 1. The van der Waals surface area contributed by atoms with Crippen LogP contribution in [0.2, 0.25) is 0 Å². The van der Waals surface area contributed by atoms with E-state index in [0.717, 1.165) is 0 Å². The first-order chi connectivity index (χ1) is 10.5. The van der Waals surface area contributed by atoms with Crippen LogP contribution in [0.15, 0.2) is 30.6 Å². The van der Waals surface area contributed by atoms with Gasteiger partial charge in [0.15, 0.2) is 5.82 Å². The molecular weight excluding hydrogens is 284 g/mol. The average molecular weight is 302 g/mol. The summed E-state index contributed by atoms with van der Waals surface area (Å²) in [5.74, 6) is -0.739. The Balaban J connectivity index is 2.15. The monoisotopic (exact) mass is 302 g/mol. The van der Waals surface area contributed by atoms with Crippen LogP contribution in [-0.4, -0.2) is 38.2 Å². The van der Waals surface area contributed by atoms with Crippen LogP contribution < -0.4 is 5.32 Å². The first-order valence-corrected chi connectivity index (χ1v) is 6.97. The highest BCUT2D eigenvalue weighted by molar-refractivity contribution is 5.97. The number of amides is 1. The minimum atomic E-state index is -1.03. The molecule has 1 aromatic heterocycles. The molecule has 0 radical (unpaired) electrons. The standard InChI is InChI=1S/C15H18N4O3/c1-9(2)6-12(15(21)22)18-14(20)11-5-3-4-10(7-11)13-16-8-17-19-13/h3-5,7-9,12H,6H2,1-2H3,(H,18,20)(H,21,22)(H,16,17,19)/t12-/m0/s1. The molecule has 0 aliphatic heterocycles. The molecule has 0 aliphatic carbocycles. The number of aromatic amines is 1. The summed E-state index contributed by atoms with van der Waals surface area (Å²) in [5, 5.41) is 18.2. The van der Waals surface area contributed by atoms with Crippen LogP contribution in [0.4, 0.5) is 0 Å². The molecule has 0 aliphatic rings. The molecule has 0 saturated carbocycles. The quantitative estimate of drug-likeness (QED) is 0.752. The van der Waals surface area contributed by atoms with Gasteiger partial charge in [0.25, 0.3) is 5.91 Å². The van der Waals surface area contributed by atoms with Gasteiger partial charge in [0.1, 0.15) is 12.4 Å². The van der Waals surface area contributed by atoms with Gasteiger partial charge < -0.3 is 10.4 Å². The molecule has 0 saturated heterocycles. The van der Waals surface area contributed by atoms with Crippen LogP contribution in [0.1, 0.15) is 30.6 Å². The number of nitrogens with one attached hydrogen (secondary N) is 2. The molecule has 1 amide bonds. The number of hydrogen-bond donors (Lipinski definition) is 3. The average Bonchev–Trinajstić information content (AvgIpc) is 3.00. The Hall–Kier alpha value is -2.70. The molecule has 1 heterocycles. The summed E-state index contributed by atoms with van der Waals surface area (Å²) >= 11 is 0. The molecule has 22 heavy (non-hydrogen) atoms. The number of carboxylic acids is 1. The predicted octanol–water partition coefficient (Wildman–Crippen LogP) is 1.70. The Morgan fingerprint density at radius 2 is 2.14 bits per heavy atom. The largest absolute Gasteiger partial charge is 0.480 e. The molecule has 0 fully saturated rings. The van der Waals surface area contributed by atoms with Gasteiger partial charge in [-0.15, -0.1) is 0 Å². The lowest BCUT2D eigenvalue weighted by Gasteiger charge is -2.16. The lowest BCUT2D eigenvalue weighted by molar-refractivity contribution is -0.139. The van der Waals surface area contributed by atoms with Crippen molar-refractivity contribution >= 4 is 11.9 Å². The van der Waals surface area contributed by atoms with Crippen molar-refractivity contribution in [1.82, 2.24) is 20.5 Å². The number of carboxylic acid groups (broad SMARTS) is 1. The fraction of sp³-hybridized carbons (Fsp3) is 0.333. The van der Waals surface area contributed by atoms with Gasteiger partial charge in [-0.2, -0.15) is 5.10 Å². The maximum atomic E-state index is 12.2. The highest BCUT2D eigenvalue weighted by Gasteiger charge is 2.21. The minimum Gasteiger partial charge on any atom is -0.480 e. The number of carbonyl (C=O) groups is 2. The van der Waals surface area contributed by atoms with E-state index >= 15 is 0 Å². The molecule has 7 heteroatoms. The second kappa shape index (κ2) is 6.84. The van der Waals surface area contributed by atoms with Crippen molar-refractivity contribution < 1.29 is 14.7 Å². The first-order valence-electron chi connectivity index (χ1n) is 6.97. The fourth-order valence-electron chi connectivity index (χ4n) is 2.09. The van der Waals surface area contributed by atoms with E-state index in [1.54, 1.807) is 24.3 Å². The normalized spacial score (nSPS) is 12.1. The number of H-pyrrole nitrogens is 1. The Kier molecular flexibility index (Phi) is 4.88. The number of aromatic nitrogens is 3. The van der Waals surface area contributed by atoms with Crippen LogP contribution in [0.25, 0.3) is 11.4 Å². The molecule has 3 N–H and O–H groups in total. The minimum absolute atomic E-state index is 0.168. The summed E-state index contributed by atoms with van der Waals surface area (Å²) in [6.07, 6.45) is 1.76. The second-order valence-corrected chi connectivity index (χ2v) is 5.41. The van der Waals surface area contributed by atoms with Crippen molar-refractivity contribution in [3.63, 3.8) is 0 Å². The van der Waals surface area contributed by atoms with Gasteiger partial charge in [-0.1, -0.05) is 26.0 Å². The summed E-state index contributed by atoms with van der Waals surface area (Å²) in [6.45, 7) is 3.82. The van der Waals surface area contributed by atoms with E-state index < -0.39 is 17.9 Å². The van der Waals surface area contributed by atoms with Crippen LogP contribution in [0.5, 0.6) is 0 Å². The van der Waals surface area contributed by atoms with Crippen molar-refractivity contribution in [2.75, 3.05) is 0 Å². The number of hydrogen-bond acceptors (Lipinski definition) is 4. The van der Waals surface area contributed by atoms with E-state index in [4.69, 9.17) is 0 Å². The van der Waals surface area contributed by atoms with Crippen LogP contribution in [0.3, 0.4) is 0 Å². The zero-order valence-corrected chi connectivity index (χ0v) is 12.4. The van der Waals surface area contributed by atoms with E-state index in [2.05, 4.69) is 20.5 Å². The summed E-state index contributed by atoms with van der Waals surface area (Å²) < 4.78 is 0. The van der Waals surface area contributed by atoms with Gasteiger partial charge in [-0.05, 0) is 24.5 Å². The van der Waals surface area contributed by atoms with Crippen molar-refractivity contribution in [2.45, 2.75) is 26.3 Å². The molecule has 2 aromatic rings. The smallest absolute Gasteiger partial charge is 0.326 e. The summed E-state index contributed by atoms with van der Waals surface area (Å²) in [6, 6.07) is 5.88. The van der Waals surface area contributed by atoms with Crippen molar-refractivity contribution in [3.8, 4) is 11.4 Å². The van der Waals surface area contributed by atoms with Gasteiger partial charge in [-0.25, -0.2) is 9.78 Å². The second-order valence-electron chi connectivity index (χ2n) is 5.41. The maximum Gasteiger partial charge on any atom is 0.326 e. The highest BCUT2D eigenvalue weighted by atomic mass is 16.4. The molecule has 0 unspecified atom stereocenters. The molecule has 7 nitrogen and oxygen atoms in total. The lowest BCUT2D eigenvalue weighted by Crippen LogP contribution is -2.41. The zero-order valence-electron chi connectivity index (χ0n) is 12.4. The van der Waals surface area contributed by atoms with Crippen molar-refractivity contribution in [3.05, 3.63) is 36.2 Å². The summed E-state index contributed by atoms with van der Waals surface area (Å²) in [4.78, 5) is 27.5. The summed E-state index contributed by atoms with van der Waals surface area (Å²) in [5.41, 5.74) is 1.09. The van der Waals surface area contributed by atoms with E-state index in [0.29, 0.717) is 23.4 Å². The van der Waals surface area contributed by atoms with Crippen molar-refractivity contribution in [1.29, 1.82) is 0 Å². The molecule has 0 bridgehead atoms. The van der Waals surface area contributed by atoms with Crippen LogP contribution in [-0.2, 0) is 4.79 Å². The molecule has 116 valence electrons. The molecule has 2 rings (SSSR count). The van der Waals surface area contributed by atoms with Gasteiger partial charge in [0, 0.05) is 11.1 Å². The van der Waals surface area contributed by atoms with E-state index in [1.165, 1.54) is 6.33 Å². The van der Waals surface area contributed by atoms with E-state index in [9.17, 15) is 14.7 Å². The Labute approximate surface area is 127 Å². The number of rotatable bonds is 6. The third kappa shape index (κ3) is 3.91. The third-order valence-corrected chi connectivity index (χ3v) is 3.12. The zero-order chi connectivity index (χ0) is 16.1. The van der Waals surface area contributed by atoms with Crippen molar-refractivity contribution in [2.24, 2.45) is 5.92 Å². The molecular formula is C15H18N4O3. The molecule has 1 atom stereocenters. The summed E-state index contributed by atoms with van der Waals surface area (Å²) in [7, 11) is 0. The van der Waals surface area contributed by atoms with Gasteiger partial charge >= 0.3 is 5.97 Å². The Morgan fingerprint density at radius 3 is 2.73 bits per heavy atom. The van der Waals surface area contributed by atoms with E-state index in [-0.39, 0.29) is 5.92 Å².